The van der Waals surface area contributed by atoms with Gasteiger partial charge in [-0.15, -0.1) is 11.3 Å². The number of thiazole rings is 1. The summed E-state index contributed by atoms with van der Waals surface area (Å²) in [5.41, 5.74) is 2.75. The highest BCUT2D eigenvalue weighted by molar-refractivity contribution is 7.18. The molecule has 2 heteroatoms. The highest BCUT2D eigenvalue weighted by Gasteiger charge is 2.08. The number of aryl methyl sites for hydroxylation is 2. The highest BCUT2D eigenvalue weighted by atomic mass is 32.1. The fourth-order valence-electron chi connectivity index (χ4n) is 3.16. The number of nitrogens with zero attached hydrogens (tertiary/aromatic N) is 1. The molecule has 128 valence electrons. The first-order valence-corrected chi connectivity index (χ1v) is 10.5. The summed E-state index contributed by atoms with van der Waals surface area (Å²) in [5, 5.41) is 1.34. The van der Waals surface area contributed by atoms with Crippen molar-refractivity contribution in [2.75, 3.05) is 0 Å². The van der Waals surface area contributed by atoms with Gasteiger partial charge >= 0.3 is 0 Å². The normalized spacial score (nSPS) is 11.4. The zero-order chi connectivity index (χ0) is 16.3. The number of fused-ring (bicyclic) bond motifs is 1. The van der Waals surface area contributed by atoms with E-state index >= 15 is 0 Å². The van der Waals surface area contributed by atoms with Gasteiger partial charge in [0.1, 0.15) is 0 Å². The minimum atomic E-state index is 1.17. The van der Waals surface area contributed by atoms with Gasteiger partial charge < -0.3 is 0 Å². The van der Waals surface area contributed by atoms with Gasteiger partial charge in [0.25, 0.3) is 0 Å². The van der Waals surface area contributed by atoms with Crippen LogP contribution in [0.2, 0.25) is 0 Å². The Balaban J connectivity index is 1.87. The van der Waals surface area contributed by atoms with Crippen LogP contribution in [0.5, 0.6) is 0 Å². The molecule has 23 heavy (non-hydrogen) atoms. The maximum Gasteiger partial charge on any atom is 0.0938 e. The van der Waals surface area contributed by atoms with Crippen molar-refractivity contribution in [1.82, 2.24) is 4.98 Å². The van der Waals surface area contributed by atoms with Crippen molar-refractivity contribution >= 4 is 21.6 Å². The summed E-state index contributed by atoms with van der Waals surface area (Å²) in [4.78, 5) is 4.96. The summed E-state index contributed by atoms with van der Waals surface area (Å²) in [7, 11) is 0. The van der Waals surface area contributed by atoms with Crippen molar-refractivity contribution in [3.8, 4) is 0 Å². The second-order valence-electron chi connectivity index (χ2n) is 6.70. The second kappa shape index (κ2) is 10.8. The molecule has 1 aromatic heterocycles. The van der Waals surface area contributed by atoms with Gasteiger partial charge in [-0.05, 0) is 37.3 Å². The number of unbranched alkanes of at least 4 members (excludes halogenated alkanes) is 8. The van der Waals surface area contributed by atoms with Gasteiger partial charge in [0.15, 0.2) is 0 Å². The first-order valence-electron chi connectivity index (χ1n) is 9.72. The molecule has 0 N–H and O–H groups in total. The number of rotatable bonds is 12. The molecule has 0 saturated heterocycles. The molecule has 0 bridgehead atoms. The SMILES string of the molecule is CCCCCCCc1nc2c(CCCCCCC)cccc2s1. The quantitative estimate of drug-likeness (QED) is 0.371. The molecule has 1 aromatic carbocycles. The zero-order valence-electron chi connectivity index (χ0n) is 15.1. The molecule has 0 radical (unpaired) electrons. The number of hydrogen-bond donors (Lipinski definition) is 0. The number of aromatic nitrogens is 1. The van der Waals surface area contributed by atoms with E-state index in [9.17, 15) is 0 Å². The number of para-hydroxylation sites is 1. The average Bonchev–Trinajstić information content (AvgIpc) is 2.98. The molecule has 0 amide bonds. The van der Waals surface area contributed by atoms with Gasteiger partial charge in [0, 0.05) is 0 Å². The molecule has 2 aromatic rings. The van der Waals surface area contributed by atoms with Crippen LogP contribution < -0.4 is 0 Å². The lowest BCUT2D eigenvalue weighted by Gasteiger charge is -2.02. The molecule has 0 aliphatic heterocycles. The predicted molar refractivity (Wildman–Crippen MR) is 105 cm³/mol. The molecule has 0 unspecified atom stereocenters. The van der Waals surface area contributed by atoms with E-state index < -0.39 is 0 Å². The monoisotopic (exact) mass is 331 g/mol. The average molecular weight is 332 g/mol. The highest BCUT2D eigenvalue weighted by Crippen LogP contribution is 2.27. The van der Waals surface area contributed by atoms with Crippen LogP contribution in [0.15, 0.2) is 18.2 Å². The Kier molecular flexibility index (Phi) is 8.67. The van der Waals surface area contributed by atoms with Gasteiger partial charge in [0.2, 0.25) is 0 Å². The maximum atomic E-state index is 4.96. The van der Waals surface area contributed by atoms with Gasteiger partial charge in [-0.25, -0.2) is 4.98 Å². The van der Waals surface area contributed by atoms with E-state index in [4.69, 9.17) is 4.98 Å². The van der Waals surface area contributed by atoms with E-state index in [2.05, 4.69) is 32.0 Å². The molecule has 1 nitrogen and oxygen atoms in total. The molecular formula is C21H33NS. The third kappa shape index (κ3) is 6.25. The molecular weight excluding hydrogens is 298 g/mol. The lowest BCUT2D eigenvalue weighted by Crippen LogP contribution is -1.89. The Labute approximate surface area is 146 Å². The standard InChI is InChI=1S/C21H33NS/c1-3-5-7-9-11-14-18-15-13-16-19-21(18)22-20(23-19)17-12-10-8-6-4-2/h13,15-16H,3-12,14,17H2,1-2H3. The molecule has 0 spiro atoms. The van der Waals surface area contributed by atoms with E-state index in [1.165, 1.54) is 97.8 Å². The Bertz CT molecular complexity index is 558. The van der Waals surface area contributed by atoms with E-state index in [0.717, 1.165) is 0 Å². The van der Waals surface area contributed by atoms with Crippen molar-refractivity contribution in [1.29, 1.82) is 0 Å². The van der Waals surface area contributed by atoms with E-state index in [0.29, 0.717) is 0 Å². The van der Waals surface area contributed by atoms with Crippen molar-refractivity contribution in [2.24, 2.45) is 0 Å². The van der Waals surface area contributed by atoms with Crippen LogP contribution in [-0.4, -0.2) is 4.98 Å². The first-order chi connectivity index (χ1) is 11.3. The van der Waals surface area contributed by atoms with Crippen molar-refractivity contribution in [3.05, 3.63) is 28.8 Å². The Morgan fingerprint density at radius 2 is 1.43 bits per heavy atom. The molecule has 0 aliphatic rings. The summed E-state index contributed by atoms with van der Waals surface area (Å²) in [6.07, 6.45) is 15.8. The summed E-state index contributed by atoms with van der Waals surface area (Å²) < 4.78 is 1.39. The second-order valence-corrected chi connectivity index (χ2v) is 7.82. The molecule has 0 fully saturated rings. The number of hydrogen-bond acceptors (Lipinski definition) is 2. The van der Waals surface area contributed by atoms with E-state index in [-0.39, 0.29) is 0 Å². The molecule has 2 rings (SSSR count). The van der Waals surface area contributed by atoms with Gasteiger partial charge in [-0.3, -0.25) is 0 Å². The third-order valence-electron chi connectivity index (χ3n) is 4.59. The van der Waals surface area contributed by atoms with Crippen LogP contribution in [0, 0.1) is 0 Å². The molecule has 0 atom stereocenters. The Morgan fingerprint density at radius 1 is 0.783 bits per heavy atom. The molecule has 1 heterocycles. The Morgan fingerprint density at radius 3 is 2.13 bits per heavy atom. The van der Waals surface area contributed by atoms with E-state index in [1.807, 2.05) is 11.3 Å². The summed E-state index contributed by atoms with van der Waals surface area (Å²) >= 11 is 1.91. The lowest BCUT2D eigenvalue weighted by atomic mass is 10.0. The van der Waals surface area contributed by atoms with Crippen LogP contribution in [0.4, 0.5) is 0 Å². The summed E-state index contributed by atoms with van der Waals surface area (Å²) in [6.45, 7) is 4.55. The van der Waals surface area contributed by atoms with E-state index in [1.54, 1.807) is 0 Å². The fraction of sp³-hybridized carbons (Fsp3) is 0.667. The summed E-state index contributed by atoms with van der Waals surface area (Å²) in [5.74, 6) is 0. The van der Waals surface area contributed by atoms with Crippen molar-refractivity contribution in [3.63, 3.8) is 0 Å². The van der Waals surface area contributed by atoms with Gasteiger partial charge in [0.05, 0.1) is 15.2 Å². The molecule has 0 saturated carbocycles. The topological polar surface area (TPSA) is 12.9 Å². The maximum absolute atomic E-state index is 4.96. The first kappa shape index (κ1) is 18.4. The van der Waals surface area contributed by atoms with Crippen molar-refractivity contribution in [2.45, 2.75) is 90.9 Å². The third-order valence-corrected chi connectivity index (χ3v) is 5.67. The minimum absolute atomic E-state index is 1.17. The van der Waals surface area contributed by atoms with Crippen LogP contribution in [-0.2, 0) is 12.8 Å². The lowest BCUT2D eigenvalue weighted by molar-refractivity contribution is 0.630. The van der Waals surface area contributed by atoms with Crippen LogP contribution in [0.25, 0.3) is 10.2 Å². The van der Waals surface area contributed by atoms with Gasteiger partial charge in [-0.1, -0.05) is 77.3 Å². The van der Waals surface area contributed by atoms with Crippen LogP contribution in [0.3, 0.4) is 0 Å². The van der Waals surface area contributed by atoms with Crippen LogP contribution >= 0.6 is 11.3 Å². The van der Waals surface area contributed by atoms with Gasteiger partial charge in [-0.2, -0.15) is 0 Å². The predicted octanol–water partition coefficient (Wildman–Crippen LogP) is 7.32. The zero-order valence-corrected chi connectivity index (χ0v) is 15.9. The summed E-state index contributed by atoms with van der Waals surface area (Å²) in [6, 6.07) is 6.74. The molecule has 0 aliphatic carbocycles. The van der Waals surface area contributed by atoms with Crippen LogP contribution in [0.1, 0.15) is 88.6 Å². The minimum Gasteiger partial charge on any atom is -0.241 e. The van der Waals surface area contributed by atoms with Crippen molar-refractivity contribution < 1.29 is 0 Å². The Hall–Kier alpha value is -0.890. The number of benzene rings is 1. The smallest absolute Gasteiger partial charge is 0.0938 e. The largest absolute Gasteiger partial charge is 0.241 e. The fourth-order valence-corrected chi connectivity index (χ4v) is 4.22.